The van der Waals surface area contributed by atoms with Crippen molar-refractivity contribution < 1.29 is 9.53 Å². The Balaban J connectivity index is 2.11. The van der Waals surface area contributed by atoms with Gasteiger partial charge in [0.05, 0.1) is 8.45 Å². The van der Waals surface area contributed by atoms with E-state index in [1.54, 1.807) is 11.3 Å². The highest BCUT2D eigenvalue weighted by molar-refractivity contribution is 14.1. The van der Waals surface area contributed by atoms with Gasteiger partial charge in [0.25, 0.3) is 5.91 Å². The molecule has 90 valence electrons. The topological polar surface area (TPSA) is 38.3 Å². The molecule has 0 saturated heterocycles. The third-order valence-corrected chi connectivity index (χ3v) is 3.72. The predicted molar refractivity (Wildman–Crippen MR) is 75.1 cm³/mol. The van der Waals surface area contributed by atoms with Crippen LogP contribution >= 0.6 is 33.9 Å². The lowest BCUT2D eigenvalue weighted by atomic mass is 10.3. The number of hydrogen-bond acceptors (Lipinski definition) is 3. The third-order valence-electron chi connectivity index (χ3n) is 1.93. The molecule has 0 aliphatic heterocycles. The maximum atomic E-state index is 11.6. The highest BCUT2D eigenvalue weighted by atomic mass is 127. The smallest absolute Gasteiger partial charge is 0.252 e. The zero-order valence-electron chi connectivity index (χ0n) is 9.29. The molecule has 0 unspecified atom stereocenters. The van der Waals surface area contributed by atoms with Gasteiger partial charge in [-0.2, -0.15) is 0 Å². The molecule has 1 aromatic rings. The number of rotatable bonds is 7. The fourth-order valence-corrected chi connectivity index (χ4v) is 2.48. The lowest BCUT2D eigenvalue weighted by Gasteiger charge is -2.04. The normalized spacial score (nSPS) is 10.4. The van der Waals surface area contributed by atoms with E-state index in [4.69, 9.17) is 4.74 Å². The van der Waals surface area contributed by atoms with Crippen LogP contribution in [0.15, 0.2) is 11.4 Å². The highest BCUT2D eigenvalue weighted by Gasteiger charge is 2.06. The van der Waals surface area contributed by atoms with Crippen molar-refractivity contribution in [2.75, 3.05) is 19.8 Å². The van der Waals surface area contributed by atoms with Crippen molar-refractivity contribution in [2.45, 2.75) is 19.8 Å². The van der Waals surface area contributed by atoms with E-state index < -0.39 is 0 Å². The number of nitrogens with one attached hydrogen (secondary N) is 1. The summed E-state index contributed by atoms with van der Waals surface area (Å²) in [5.41, 5.74) is 0.754. The summed E-state index contributed by atoms with van der Waals surface area (Å²) >= 11 is 3.80. The molecule has 1 rings (SSSR count). The summed E-state index contributed by atoms with van der Waals surface area (Å²) in [6, 6.07) is 1.90. The molecule has 0 aliphatic rings. The van der Waals surface area contributed by atoms with Crippen molar-refractivity contribution in [1.82, 2.24) is 5.32 Å². The average Bonchev–Trinajstić information content (AvgIpc) is 2.70. The van der Waals surface area contributed by atoms with E-state index >= 15 is 0 Å². The van der Waals surface area contributed by atoms with E-state index in [2.05, 4.69) is 34.8 Å². The first kappa shape index (κ1) is 13.9. The maximum Gasteiger partial charge on any atom is 0.252 e. The summed E-state index contributed by atoms with van der Waals surface area (Å²) in [6.07, 6.45) is 1.91. The second-order valence-electron chi connectivity index (χ2n) is 3.36. The summed E-state index contributed by atoms with van der Waals surface area (Å²) in [4.78, 5) is 11.6. The number of hydrogen-bond donors (Lipinski definition) is 1. The summed E-state index contributed by atoms with van der Waals surface area (Å²) in [5.74, 6) is 0.00894. The maximum absolute atomic E-state index is 11.6. The summed E-state index contributed by atoms with van der Waals surface area (Å²) in [7, 11) is 0. The molecule has 0 saturated carbocycles. The molecule has 1 aromatic heterocycles. The van der Waals surface area contributed by atoms with E-state index in [0.29, 0.717) is 6.54 Å². The van der Waals surface area contributed by atoms with Crippen LogP contribution in [0.2, 0.25) is 0 Å². The minimum absolute atomic E-state index is 0.00894. The summed E-state index contributed by atoms with van der Waals surface area (Å²) < 4.78 is 6.46. The van der Waals surface area contributed by atoms with Gasteiger partial charge in [-0.15, -0.1) is 11.3 Å². The standard InChI is InChI=1S/C11H16INO2S/c1-2-5-15-6-3-4-13-11(14)9-7-10(12)16-8-9/h7-8H,2-6H2,1H3,(H,13,14). The lowest BCUT2D eigenvalue weighted by molar-refractivity contribution is 0.0942. The molecule has 5 heteroatoms. The number of carbonyl (C=O) groups excluding carboxylic acids is 1. The first-order chi connectivity index (χ1) is 7.74. The molecule has 0 radical (unpaired) electrons. The van der Waals surface area contributed by atoms with Crippen LogP contribution in [-0.2, 0) is 4.74 Å². The lowest BCUT2D eigenvalue weighted by Crippen LogP contribution is -2.24. The third kappa shape index (κ3) is 5.27. The number of amides is 1. The van der Waals surface area contributed by atoms with Crippen molar-refractivity contribution in [3.8, 4) is 0 Å². The zero-order valence-corrected chi connectivity index (χ0v) is 12.3. The van der Waals surface area contributed by atoms with Crippen LogP contribution in [0.1, 0.15) is 30.1 Å². The Bertz CT molecular complexity index is 328. The molecular formula is C11H16INO2S. The number of thiophene rings is 1. The molecule has 1 heterocycles. The van der Waals surface area contributed by atoms with Crippen LogP contribution in [0.4, 0.5) is 0 Å². The molecular weight excluding hydrogens is 337 g/mol. The Morgan fingerprint density at radius 2 is 2.38 bits per heavy atom. The molecule has 0 aliphatic carbocycles. The Hall–Kier alpha value is -0.140. The highest BCUT2D eigenvalue weighted by Crippen LogP contribution is 2.16. The Kier molecular flexibility index (Phi) is 6.98. The van der Waals surface area contributed by atoms with Gasteiger partial charge in [-0.3, -0.25) is 4.79 Å². The zero-order chi connectivity index (χ0) is 11.8. The van der Waals surface area contributed by atoms with Gasteiger partial charge in [-0.25, -0.2) is 0 Å². The van der Waals surface area contributed by atoms with E-state index in [1.165, 1.54) is 0 Å². The van der Waals surface area contributed by atoms with Gasteiger partial charge >= 0.3 is 0 Å². The Morgan fingerprint density at radius 3 is 3.00 bits per heavy atom. The minimum atomic E-state index is 0.00894. The van der Waals surface area contributed by atoms with Crippen molar-refractivity contribution in [1.29, 1.82) is 0 Å². The fraction of sp³-hybridized carbons (Fsp3) is 0.545. The van der Waals surface area contributed by atoms with Crippen molar-refractivity contribution in [2.24, 2.45) is 0 Å². The number of halogens is 1. The molecule has 0 fully saturated rings. The second kappa shape index (κ2) is 8.03. The van der Waals surface area contributed by atoms with Gasteiger partial charge in [-0.05, 0) is 41.5 Å². The van der Waals surface area contributed by atoms with Gasteiger partial charge in [0.1, 0.15) is 0 Å². The SMILES string of the molecule is CCCOCCCNC(=O)c1csc(I)c1. The number of carbonyl (C=O) groups is 1. The monoisotopic (exact) mass is 353 g/mol. The summed E-state index contributed by atoms with van der Waals surface area (Å²) in [5, 5.41) is 4.75. The Labute approximate surface area is 114 Å². The van der Waals surface area contributed by atoms with Crippen LogP contribution in [0, 0.1) is 2.88 Å². The van der Waals surface area contributed by atoms with Gasteiger partial charge in [0.2, 0.25) is 0 Å². The van der Waals surface area contributed by atoms with E-state index in [1.807, 2.05) is 11.4 Å². The Morgan fingerprint density at radius 1 is 1.56 bits per heavy atom. The average molecular weight is 353 g/mol. The van der Waals surface area contributed by atoms with Gasteiger partial charge in [-0.1, -0.05) is 6.92 Å². The van der Waals surface area contributed by atoms with Crippen LogP contribution in [0.3, 0.4) is 0 Å². The molecule has 1 amide bonds. The van der Waals surface area contributed by atoms with E-state index in [9.17, 15) is 4.79 Å². The second-order valence-corrected chi connectivity index (χ2v) is 6.17. The molecule has 0 atom stereocenters. The van der Waals surface area contributed by atoms with Gasteiger partial charge in [0.15, 0.2) is 0 Å². The van der Waals surface area contributed by atoms with Crippen LogP contribution in [-0.4, -0.2) is 25.7 Å². The van der Waals surface area contributed by atoms with Crippen molar-refractivity contribution in [3.63, 3.8) is 0 Å². The van der Waals surface area contributed by atoms with Gasteiger partial charge in [0, 0.05) is 25.1 Å². The van der Waals surface area contributed by atoms with E-state index in [0.717, 1.165) is 34.5 Å². The van der Waals surface area contributed by atoms with Crippen LogP contribution < -0.4 is 5.32 Å². The molecule has 0 bridgehead atoms. The van der Waals surface area contributed by atoms with Crippen LogP contribution in [0.25, 0.3) is 0 Å². The molecule has 0 aromatic carbocycles. The van der Waals surface area contributed by atoms with Gasteiger partial charge < -0.3 is 10.1 Å². The molecule has 0 spiro atoms. The van der Waals surface area contributed by atoms with Crippen molar-refractivity contribution >= 4 is 39.8 Å². The molecule has 3 nitrogen and oxygen atoms in total. The first-order valence-corrected chi connectivity index (χ1v) is 7.30. The van der Waals surface area contributed by atoms with Crippen molar-refractivity contribution in [3.05, 3.63) is 19.9 Å². The molecule has 16 heavy (non-hydrogen) atoms. The van der Waals surface area contributed by atoms with Crippen LogP contribution in [0.5, 0.6) is 0 Å². The summed E-state index contributed by atoms with van der Waals surface area (Å²) in [6.45, 7) is 4.28. The fourth-order valence-electron chi connectivity index (χ4n) is 1.15. The number of ether oxygens (including phenoxy) is 1. The first-order valence-electron chi connectivity index (χ1n) is 5.34. The minimum Gasteiger partial charge on any atom is -0.381 e. The quantitative estimate of drug-likeness (QED) is 0.605. The molecule has 1 N–H and O–H groups in total. The predicted octanol–water partition coefficient (Wildman–Crippen LogP) is 2.90. The van der Waals surface area contributed by atoms with E-state index in [-0.39, 0.29) is 5.91 Å². The largest absolute Gasteiger partial charge is 0.381 e.